The summed E-state index contributed by atoms with van der Waals surface area (Å²) in [5, 5.41) is 0. The molecule has 6 nitrogen and oxygen atoms in total. The lowest BCUT2D eigenvalue weighted by atomic mass is 9.51. The standard InChI is InChI=1S/C23H32O6/c1-12-14-7-8-16(25)22(5)10-9-17(28-13(2)24)21(3,4)15(22)11-18(27-6)23(19(12)26)20(14)29-23/h14-15,17-18,20H,1,7-11H2,2-6H3/t14-,15+,17-,18+,20+,22+,23+/m0/s1. The van der Waals surface area contributed by atoms with Gasteiger partial charge in [0, 0.05) is 37.2 Å². The Morgan fingerprint density at radius 1 is 1.17 bits per heavy atom. The van der Waals surface area contributed by atoms with Crippen molar-refractivity contribution in [2.75, 3.05) is 7.11 Å². The van der Waals surface area contributed by atoms with Crippen LogP contribution in [0.1, 0.15) is 59.8 Å². The van der Waals surface area contributed by atoms with E-state index in [-0.39, 0.29) is 41.6 Å². The molecule has 2 bridgehead atoms. The molecule has 1 saturated heterocycles. The molecule has 3 aliphatic carbocycles. The van der Waals surface area contributed by atoms with Crippen LogP contribution in [0.15, 0.2) is 12.2 Å². The van der Waals surface area contributed by atoms with Gasteiger partial charge in [-0.1, -0.05) is 27.4 Å². The van der Waals surface area contributed by atoms with Crippen LogP contribution in [-0.4, -0.2) is 48.6 Å². The van der Waals surface area contributed by atoms with Gasteiger partial charge in [-0.3, -0.25) is 14.4 Å². The summed E-state index contributed by atoms with van der Waals surface area (Å²) in [5.74, 6) is -0.374. The highest BCUT2D eigenvalue weighted by Gasteiger charge is 2.76. The number of rotatable bonds is 2. The van der Waals surface area contributed by atoms with Gasteiger partial charge in [0.25, 0.3) is 0 Å². The fourth-order valence-corrected chi connectivity index (χ4v) is 6.64. The minimum atomic E-state index is -0.956. The number of fused-ring (bicyclic) bond motifs is 1. The molecule has 1 heterocycles. The number of carbonyl (C=O) groups is 3. The summed E-state index contributed by atoms with van der Waals surface area (Å²) < 4.78 is 17.5. The zero-order chi connectivity index (χ0) is 21.4. The van der Waals surface area contributed by atoms with Crippen molar-refractivity contribution in [1.82, 2.24) is 0 Å². The van der Waals surface area contributed by atoms with Crippen molar-refractivity contribution in [3.63, 3.8) is 0 Å². The average molecular weight is 405 g/mol. The SMILES string of the molecule is C=C1C(=O)[C@@]23O[C@@H]2[C@H]1CCC(=O)[C@]1(C)CC[C@H](OC(C)=O)C(C)(C)[C@H]1C[C@H]3OC. The molecule has 160 valence electrons. The van der Waals surface area contributed by atoms with Gasteiger partial charge in [-0.25, -0.2) is 0 Å². The Hall–Kier alpha value is -1.53. The minimum absolute atomic E-state index is 0.0689. The first kappa shape index (κ1) is 20.7. The molecule has 0 aromatic heterocycles. The van der Waals surface area contributed by atoms with Crippen LogP contribution >= 0.6 is 0 Å². The molecule has 0 aromatic rings. The van der Waals surface area contributed by atoms with E-state index in [4.69, 9.17) is 14.2 Å². The lowest BCUT2D eigenvalue weighted by molar-refractivity contribution is -0.175. The molecular weight excluding hydrogens is 372 g/mol. The molecule has 0 spiro atoms. The summed E-state index contributed by atoms with van der Waals surface area (Å²) in [6.45, 7) is 11.6. The van der Waals surface area contributed by atoms with Crippen LogP contribution in [0.5, 0.6) is 0 Å². The molecule has 4 aliphatic rings. The van der Waals surface area contributed by atoms with Crippen molar-refractivity contribution in [3.05, 3.63) is 12.2 Å². The Bertz CT molecular complexity index is 784. The summed E-state index contributed by atoms with van der Waals surface area (Å²) in [5.41, 5.74) is -1.38. The number of methoxy groups -OCH3 is 1. The predicted molar refractivity (Wildman–Crippen MR) is 105 cm³/mol. The third-order valence-corrected chi connectivity index (χ3v) is 8.41. The number of hydrogen-bond acceptors (Lipinski definition) is 6. The Labute approximate surface area is 172 Å². The van der Waals surface area contributed by atoms with Crippen LogP contribution in [0.25, 0.3) is 0 Å². The second-order valence-electron chi connectivity index (χ2n) is 10.1. The molecule has 0 N–H and O–H groups in total. The van der Waals surface area contributed by atoms with Crippen LogP contribution < -0.4 is 0 Å². The Morgan fingerprint density at radius 2 is 1.86 bits per heavy atom. The Balaban J connectivity index is 1.77. The van der Waals surface area contributed by atoms with E-state index in [1.807, 2.05) is 6.92 Å². The van der Waals surface area contributed by atoms with Crippen molar-refractivity contribution < 1.29 is 28.6 Å². The van der Waals surface area contributed by atoms with Gasteiger partial charge in [-0.05, 0) is 37.2 Å². The number of esters is 1. The summed E-state index contributed by atoms with van der Waals surface area (Å²) in [4.78, 5) is 38.3. The number of ketones is 2. The van der Waals surface area contributed by atoms with E-state index in [0.29, 0.717) is 37.7 Å². The summed E-state index contributed by atoms with van der Waals surface area (Å²) >= 11 is 0. The van der Waals surface area contributed by atoms with E-state index in [2.05, 4.69) is 20.4 Å². The summed E-state index contributed by atoms with van der Waals surface area (Å²) in [6, 6.07) is 0. The lowest BCUT2D eigenvalue weighted by Crippen LogP contribution is -2.56. The first-order valence-corrected chi connectivity index (χ1v) is 10.6. The maximum atomic E-state index is 13.5. The average Bonchev–Trinajstić information content (AvgIpc) is 3.34. The van der Waals surface area contributed by atoms with Gasteiger partial charge >= 0.3 is 5.97 Å². The highest BCUT2D eigenvalue weighted by atomic mass is 16.6. The monoisotopic (exact) mass is 404 g/mol. The van der Waals surface area contributed by atoms with Gasteiger partial charge in [0.05, 0.1) is 6.10 Å². The highest BCUT2D eigenvalue weighted by molar-refractivity contribution is 6.08. The molecule has 7 atom stereocenters. The third kappa shape index (κ3) is 2.71. The van der Waals surface area contributed by atoms with E-state index in [1.54, 1.807) is 7.11 Å². The molecular formula is C23H32O6. The normalized spacial score (nSPS) is 46.0. The molecule has 29 heavy (non-hydrogen) atoms. The van der Waals surface area contributed by atoms with Crippen LogP contribution in [0.3, 0.4) is 0 Å². The van der Waals surface area contributed by atoms with Crippen LogP contribution in [0.4, 0.5) is 0 Å². The molecule has 0 aromatic carbocycles. The van der Waals surface area contributed by atoms with E-state index in [9.17, 15) is 14.4 Å². The number of hydrogen-bond donors (Lipinski definition) is 0. The van der Waals surface area contributed by atoms with Gasteiger partial charge in [0.15, 0.2) is 11.4 Å². The summed E-state index contributed by atoms with van der Waals surface area (Å²) in [7, 11) is 1.60. The fraction of sp³-hybridized carbons (Fsp3) is 0.783. The zero-order valence-corrected chi connectivity index (χ0v) is 18.1. The van der Waals surface area contributed by atoms with Crippen molar-refractivity contribution in [1.29, 1.82) is 0 Å². The molecule has 0 amide bonds. The molecule has 4 fully saturated rings. The molecule has 3 saturated carbocycles. The van der Waals surface area contributed by atoms with Crippen LogP contribution in [-0.2, 0) is 28.6 Å². The quantitative estimate of drug-likeness (QED) is 0.400. The van der Waals surface area contributed by atoms with Gasteiger partial charge < -0.3 is 14.2 Å². The Morgan fingerprint density at radius 3 is 2.48 bits per heavy atom. The number of epoxide rings is 1. The highest BCUT2D eigenvalue weighted by Crippen LogP contribution is 2.62. The number of carbonyl (C=O) groups excluding carboxylic acids is 3. The molecule has 0 unspecified atom stereocenters. The van der Waals surface area contributed by atoms with Crippen molar-refractivity contribution >= 4 is 17.5 Å². The number of Topliss-reactive ketones (excluding diaryl/α,β-unsaturated/α-hetero) is 2. The maximum absolute atomic E-state index is 13.5. The van der Waals surface area contributed by atoms with Gasteiger partial charge in [-0.2, -0.15) is 0 Å². The van der Waals surface area contributed by atoms with Gasteiger partial charge in [0.2, 0.25) is 0 Å². The molecule has 0 radical (unpaired) electrons. The molecule has 6 heteroatoms. The topological polar surface area (TPSA) is 82.2 Å². The second kappa shape index (κ2) is 6.48. The van der Waals surface area contributed by atoms with Crippen molar-refractivity contribution in [3.8, 4) is 0 Å². The Kier molecular flexibility index (Phi) is 4.63. The zero-order valence-electron chi connectivity index (χ0n) is 18.1. The second-order valence-corrected chi connectivity index (χ2v) is 10.1. The lowest BCUT2D eigenvalue weighted by Gasteiger charge is -2.54. The molecule has 1 aliphatic heterocycles. The van der Waals surface area contributed by atoms with E-state index in [0.717, 1.165) is 0 Å². The fourth-order valence-electron chi connectivity index (χ4n) is 6.64. The third-order valence-electron chi connectivity index (χ3n) is 8.41. The van der Waals surface area contributed by atoms with Crippen LogP contribution in [0, 0.1) is 22.7 Å². The van der Waals surface area contributed by atoms with Crippen LogP contribution in [0.2, 0.25) is 0 Å². The van der Waals surface area contributed by atoms with E-state index in [1.165, 1.54) is 6.92 Å². The van der Waals surface area contributed by atoms with Gasteiger partial charge in [0.1, 0.15) is 18.0 Å². The first-order valence-electron chi connectivity index (χ1n) is 10.6. The van der Waals surface area contributed by atoms with E-state index < -0.39 is 22.5 Å². The minimum Gasteiger partial charge on any atom is -0.462 e. The van der Waals surface area contributed by atoms with Crippen molar-refractivity contribution in [2.45, 2.75) is 83.7 Å². The summed E-state index contributed by atoms with van der Waals surface area (Å²) in [6.07, 6.45) is 1.85. The maximum Gasteiger partial charge on any atom is 0.302 e. The number of ether oxygens (including phenoxy) is 3. The van der Waals surface area contributed by atoms with Gasteiger partial charge in [-0.15, -0.1) is 0 Å². The van der Waals surface area contributed by atoms with Crippen molar-refractivity contribution in [2.24, 2.45) is 22.7 Å². The van der Waals surface area contributed by atoms with E-state index >= 15 is 0 Å². The smallest absolute Gasteiger partial charge is 0.302 e. The predicted octanol–water partition coefficient (Wildman–Crippen LogP) is 3.02. The molecule has 4 rings (SSSR count). The first-order chi connectivity index (χ1) is 13.5. The largest absolute Gasteiger partial charge is 0.462 e.